The molecule has 2 rings (SSSR count). The second kappa shape index (κ2) is 8.39. The summed E-state index contributed by atoms with van der Waals surface area (Å²) in [6.07, 6.45) is 1.68. The first-order valence-corrected chi connectivity index (χ1v) is 6.78. The number of carbonyl (C=O) groups excluding carboxylic acids is 1. The number of nitrogens with one attached hydrogen (secondary N) is 2. The predicted molar refractivity (Wildman–Crippen MR) is 73.4 cm³/mol. The van der Waals surface area contributed by atoms with Gasteiger partial charge in [-0.3, -0.25) is 4.84 Å². The summed E-state index contributed by atoms with van der Waals surface area (Å²) in [5, 5.41) is 2.83. The van der Waals surface area contributed by atoms with Crippen molar-refractivity contribution in [1.29, 1.82) is 0 Å². The molecule has 0 atom stereocenters. The maximum atomic E-state index is 11.5. The quantitative estimate of drug-likeness (QED) is 0.611. The lowest BCUT2D eigenvalue weighted by Gasteiger charge is -2.22. The molecule has 1 heterocycles. The molecule has 1 fully saturated rings. The van der Waals surface area contributed by atoms with E-state index in [9.17, 15) is 4.79 Å². The second-order valence-corrected chi connectivity index (χ2v) is 4.47. The highest BCUT2D eigenvalue weighted by atomic mass is 16.7. The maximum Gasteiger partial charge on any atom is 0.338 e. The molecule has 1 aromatic rings. The molecule has 0 bridgehead atoms. The van der Waals surface area contributed by atoms with E-state index in [1.54, 1.807) is 0 Å². The van der Waals surface area contributed by atoms with E-state index in [0.29, 0.717) is 19.8 Å². The molecule has 20 heavy (non-hydrogen) atoms. The van der Waals surface area contributed by atoms with E-state index in [1.807, 2.05) is 30.3 Å². The zero-order chi connectivity index (χ0) is 14.0. The maximum absolute atomic E-state index is 11.5. The third-order valence-electron chi connectivity index (χ3n) is 2.92. The fourth-order valence-electron chi connectivity index (χ4n) is 1.89. The minimum absolute atomic E-state index is 0.160. The second-order valence-electron chi connectivity index (χ2n) is 4.47. The van der Waals surface area contributed by atoms with Crippen molar-refractivity contribution < 1.29 is 19.1 Å². The lowest BCUT2D eigenvalue weighted by Crippen LogP contribution is -2.44. The Balaban J connectivity index is 1.51. The van der Waals surface area contributed by atoms with Gasteiger partial charge in [0.25, 0.3) is 0 Å². The van der Waals surface area contributed by atoms with E-state index in [4.69, 9.17) is 14.3 Å². The number of ether oxygens (including phenoxy) is 2. The Hall–Kier alpha value is -1.79. The van der Waals surface area contributed by atoms with Gasteiger partial charge in [0.1, 0.15) is 19.0 Å². The lowest BCUT2D eigenvalue weighted by atomic mass is 10.1. The third kappa shape index (κ3) is 5.46. The summed E-state index contributed by atoms with van der Waals surface area (Å²) in [7, 11) is 0. The van der Waals surface area contributed by atoms with Crippen molar-refractivity contribution in [1.82, 2.24) is 10.8 Å². The Morgan fingerprint density at radius 2 is 1.95 bits per heavy atom. The number of hydrogen-bond acceptors (Lipinski definition) is 4. The minimum Gasteiger partial charge on any atom is -0.491 e. The van der Waals surface area contributed by atoms with E-state index in [0.717, 1.165) is 18.6 Å². The van der Waals surface area contributed by atoms with Crippen LogP contribution in [0.2, 0.25) is 0 Å². The largest absolute Gasteiger partial charge is 0.491 e. The smallest absolute Gasteiger partial charge is 0.338 e. The van der Waals surface area contributed by atoms with Crippen molar-refractivity contribution in [3.63, 3.8) is 0 Å². The fourth-order valence-corrected chi connectivity index (χ4v) is 1.89. The number of hydrogen-bond donors (Lipinski definition) is 2. The average Bonchev–Trinajstić information content (AvgIpc) is 2.49. The Bertz CT molecular complexity index is 393. The van der Waals surface area contributed by atoms with Crippen molar-refractivity contribution in [3.05, 3.63) is 30.3 Å². The number of urea groups is 1. The van der Waals surface area contributed by atoms with Crippen molar-refractivity contribution in [2.24, 2.45) is 0 Å². The van der Waals surface area contributed by atoms with Crippen LogP contribution in [0.25, 0.3) is 0 Å². The molecule has 1 saturated heterocycles. The molecule has 0 saturated carbocycles. The van der Waals surface area contributed by atoms with Gasteiger partial charge in [0.15, 0.2) is 0 Å². The molecule has 1 aliphatic rings. The van der Waals surface area contributed by atoms with Crippen molar-refractivity contribution >= 4 is 6.03 Å². The molecule has 110 valence electrons. The molecule has 0 aromatic heterocycles. The Morgan fingerprint density at radius 3 is 2.70 bits per heavy atom. The Labute approximate surface area is 118 Å². The molecule has 2 amide bonds. The van der Waals surface area contributed by atoms with Crippen LogP contribution in [-0.2, 0) is 9.57 Å². The van der Waals surface area contributed by atoms with Gasteiger partial charge in [-0.05, 0) is 25.0 Å². The van der Waals surface area contributed by atoms with Gasteiger partial charge >= 0.3 is 6.03 Å². The highest BCUT2D eigenvalue weighted by molar-refractivity contribution is 5.73. The van der Waals surface area contributed by atoms with E-state index in [2.05, 4.69) is 10.8 Å². The molecule has 0 unspecified atom stereocenters. The van der Waals surface area contributed by atoms with Crippen LogP contribution in [0.4, 0.5) is 4.79 Å². The van der Waals surface area contributed by atoms with Crippen molar-refractivity contribution in [2.45, 2.75) is 18.9 Å². The first kappa shape index (κ1) is 14.6. The molecule has 2 N–H and O–H groups in total. The SMILES string of the molecule is O=C(NOCCOc1ccccc1)NC1CCOCC1. The summed E-state index contributed by atoms with van der Waals surface area (Å²) < 4.78 is 10.6. The van der Waals surface area contributed by atoms with Crippen LogP contribution in [0, 0.1) is 0 Å². The Morgan fingerprint density at radius 1 is 1.20 bits per heavy atom. The number of para-hydroxylation sites is 1. The van der Waals surface area contributed by atoms with Crippen molar-refractivity contribution in [2.75, 3.05) is 26.4 Å². The first-order valence-electron chi connectivity index (χ1n) is 6.78. The van der Waals surface area contributed by atoms with Crippen LogP contribution in [0.15, 0.2) is 30.3 Å². The number of hydroxylamine groups is 1. The summed E-state index contributed by atoms with van der Waals surface area (Å²) in [5.74, 6) is 0.780. The topological polar surface area (TPSA) is 68.8 Å². The van der Waals surface area contributed by atoms with Gasteiger partial charge < -0.3 is 14.8 Å². The average molecular weight is 280 g/mol. The molecule has 6 heteroatoms. The first-order chi connectivity index (χ1) is 9.84. The van der Waals surface area contributed by atoms with Gasteiger partial charge in [0.2, 0.25) is 0 Å². The monoisotopic (exact) mass is 280 g/mol. The van der Waals surface area contributed by atoms with Gasteiger partial charge in [-0.15, -0.1) is 0 Å². The number of amides is 2. The summed E-state index contributed by atoms with van der Waals surface area (Å²) >= 11 is 0. The lowest BCUT2D eigenvalue weighted by molar-refractivity contribution is 0.0369. The van der Waals surface area contributed by atoms with E-state index in [1.165, 1.54) is 0 Å². The molecule has 0 radical (unpaired) electrons. The summed E-state index contributed by atoms with van der Waals surface area (Å²) in [6, 6.07) is 9.29. The molecular formula is C14H20N2O4. The van der Waals surface area contributed by atoms with Gasteiger partial charge in [0.05, 0.1) is 0 Å². The van der Waals surface area contributed by atoms with Crippen molar-refractivity contribution in [3.8, 4) is 5.75 Å². The zero-order valence-electron chi connectivity index (χ0n) is 11.3. The zero-order valence-corrected chi connectivity index (χ0v) is 11.3. The molecule has 6 nitrogen and oxygen atoms in total. The highest BCUT2D eigenvalue weighted by Crippen LogP contribution is 2.07. The highest BCUT2D eigenvalue weighted by Gasteiger charge is 2.15. The van der Waals surface area contributed by atoms with E-state index in [-0.39, 0.29) is 18.7 Å². The van der Waals surface area contributed by atoms with E-state index < -0.39 is 0 Å². The van der Waals surface area contributed by atoms with Crippen LogP contribution in [0.3, 0.4) is 0 Å². The summed E-state index contributed by atoms with van der Waals surface area (Å²) in [6.45, 7) is 2.05. The third-order valence-corrected chi connectivity index (χ3v) is 2.92. The van der Waals surface area contributed by atoms with Gasteiger partial charge in [0, 0.05) is 19.3 Å². The van der Waals surface area contributed by atoms with Gasteiger partial charge in [-0.2, -0.15) is 0 Å². The van der Waals surface area contributed by atoms with Crippen LogP contribution in [0.1, 0.15) is 12.8 Å². The van der Waals surface area contributed by atoms with Gasteiger partial charge in [-0.25, -0.2) is 10.3 Å². The number of rotatable bonds is 6. The normalized spacial score (nSPS) is 15.6. The van der Waals surface area contributed by atoms with Gasteiger partial charge in [-0.1, -0.05) is 18.2 Å². The molecular weight excluding hydrogens is 260 g/mol. The molecule has 1 aromatic carbocycles. The molecule has 0 aliphatic carbocycles. The Kier molecular flexibility index (Phi) is 6.13. The number of carbonyl (C=O) groups is 1. The van der Waals surface area contributed by atoms with Crippen LogP contribution < -0.4 is 15.5 Å². The molecule has 1 aliphatic heterocycles. The fraction of sp³-hybridized carbons (Fsp3) is 0.500. The number of benzene rings is 1. The van der Waals surface area contributed by atoms with Crippen LogP contribution >= 0.6 is 0 Å². The molecule has 0 spiro atoms. The van der Waals surface area contributed by atoms with Crippen LogP contribution in [0.5, 0.6) is 5.75 Å². The van der Waals surface area contributed by atoms with Crippen LogP contribution in [-0.4, -0.2) is 38.5 Å². The minimum atomic E-state index is -0.323. The summed E-state index contributed by atoms with van der Waals surface area (Å²) in [5.41, 5.74) is 2.35. The predicted octanol–water partition coefficient (Wildman–Crippen LogP) is 1.48. The van der Waals surface area contributed by atoms with E-state index >= 15 is 0 Å². The standard InChI is InChI=1S/C14H20N2O4/c17-14(15-12-6-8-18-9-7-12)16-20-11-10-19-13-4-2-1-3-5-13/h1-5,12H,6-11H2,(H2,15,16,17). The summed E-state index contributed by atoms with van der Waals surface area (Å²) in [4.78, 5) is 16.6.